The van der Waals surface area contributed by atoms with E-state index in [1.54, 1.807) is 29.4 Å². The van der Waals surface area contributed by atoms with E-state index in [-0.39, 0.29) is 18.5 Å². The molecule has 1 aromatic carbocycles. The molecule has 2 aromatic heterocycles. The van der Waals surface area contributed by atoms with Gasteiger partial charge in [0.05, 0.1) is 0 Å². The van der Waals surface area contributed by atoms with E-state index < -0.39 is 5.76 Å². The molecule has 0 bridgehead atoms. The molecule has 7 heteroatoms. The summed E-state index contributed by atoms with van der Waals surface area (Å²) < 4.78 is 6.03. The van der Waals surface area contributed by atoms with Crippen LogP contribution >= 0.6 is 0 Å². The first-order valence-electron chi connectivity index (χ1n) is 8.02. The lowest BCUT2D eigenvalue weighted by atomic mass is 10.1. The predicted octanol–water partition coefficient (Wildman–Crippen LogP) is 1.88. The molecule has 1 amide bonds. The summed E-state index contributed by atoms with van der Waals surface area (Å²) in [4.78, 5) is 30.6. The monoisotopic (exact) mass is 336 g/mol. The summed E-state index contributed by atoms with van der Waals surface area (Å²) in [5.41, 5.74) is 2.70. The maximum Gasteiger partial charge on any atom is 0.442 e. The van der Waals surface area contributed by atoms with Crippen LogP contribution in [0.2, 0.25) is 0 Å². The number of carbonyl (C=O) groups is 1. The fraction of sp³-hybridized carbons (Fsp3) is 0.222. The maximum atomic E-state index is 12.9. The minimum Gasteiger partial charge on any atom is -0.307 e. The van der Waals surface area contributed by atoms with Crippen LogP contribution in [0.4, 0.5) is 5.69 Å². The Hall–Kier alpha value is -3.22. The van der Waals surface area contributed by atoms with Crippen molar-refractivity contribution < 1.29 is 9.32 Å². The van der Waals surface area contributed by atoms with Crippen molar-refractivity contribution in [3.63, 3.8) is 0 Å². The van der Waals surface area contributed by atoms with Crippen LogP contribution in [-0.4, -0.2) is 26.7 Å². The highest BCUT2D eigenvalue weighted by molar-refractivity contribution is 5.96. The van der Waals surface area contributed by atoms with Gasteiger partial charge in [0.15, 0.2) is 5.82 Å². The summed E-state index contributed by atoms with van der Waals surface area (Å²) in [7, 11) is 0. The molecule has 0 spiro atoms. The molecule has 25 heavy (non-hydrogen) atoms. The molecule has 3 heterocycles. The van der Waals surface area contributed by atoms with E-state index in [0.717, 1.165) is 17.7 Å². The van der Waals surface area contributed by atoms with Crippen LogP contribution in [0.15, 0.2) is 58.1 Å². The molecule has 0 fully saturated rings. The van der Waals surface area contributed by atoms with Crippen LogP contribution in [-0.2, 0) is 17.8 Å². The Bertz CT molecular complexity index is 977. The summed E-state index contributed by atoms with van der Waals surface area (Å²) in [6.07, 6.45) is 4.00. The minimum atomic E-state index is -0.653. The first-order chi connectivity index (χ1) is 12.1. The number of benzene rings is 1. The zero-order chi connectivity index (χ0) is 17.4. The van der Waals surface area contributed by atoms with Gasteiger partial charge in [-0.2, -0.15) is 0 Å². The van der Waals surface area contributed by atoms with Crippen molar-refractivity contribution in [3.05, 3.63) is 64.9 Å². The van der Waals surface area contributed by atoms with E-state index in [9.17, 15) is 9.59 Å². The number of para-hydroxylation sites is 1. The Morgan fingerprint density at radius 2 is 2.00 bits per heavy atom. The zero-order valence-electron chi connectivity index (χ0n) is 13.6. The highest BCUT2D eigenvalue weighted by Gasteiger charge is 2.31. The lowest BCUT2D eigenvalue weighted by Crippen LogP contribution is -2.39. The molecule has 0 saturated heterocycles. The normalized spacial score (nSPS) is 16.0. The van der Waals surface area contributed by atoms with Crippen molar-refractivity contribution in [1.82, 2.24) is 14.7 Å². The molecule has 1 atom stereocenters. The fourth-order valence-corrected chi connectivity index (χ4v) is 3.27. The van der Waals surface area contributed by atoms with Crippen LogP contribution in [0, 0.1) is 0 Å². The molecule has 0 saturated carbocycles. The molecule has 7 nitrogen and oxygen atoms in total. The smallest absolute Gasteiger partial charge is 0.307 e. The van der Waals surface area contributed by atoms with Crippen molar-refractivity contribution in [3.8, 4) is 11.4 Å². The molecule has 0 aliphatic carbocycles. The molecular formula is C18H16N4O3. The van der Waals surface area contributed by atoms with Gasteiger partial charge in [0, 0.05) is 29.7 Å². The number of hydrogen-bond donors (Lipinski definition) is 0. The van der Waals surface area contributed by atoms with E-state index in [1.165, 1.54) is 4.57 Å². The molecular weight excluding hydrogens is 320 g/mol. The van der Waals surface area contributed by atoms with Crippen molar-refractivity contribution in [2.75, 3.05) is 4.90 Å². The van der Waals surface area contributed by atoms with Crippen molar-refractivity contribution >= 4 is 11.6 Å². The van der Waals surface area contributed by atoms with Crippen molar-refractivity contribution in [2.24, 2.45) is 0 Å². The maximum absolute atomic E-state index is 12.9. The van der Waals surface area contributed by atoms with E-state index >= 15 is 0 Å². The van der Waals surface area contributed by atoms with Gasteiger partial charge >= 0.3 is 5.76 Å². The highest BCUT2D eigenvalue weighted by Crippen LogP contribution is 2.32. The average Bonchev–Trinajstić information content (AvgIpc) is 3.15. The zero-order valence-corrected chi connectivity index (χ0v) is 13.6. The van der Waals surface area contributed by atoms with Gasteiger partial charge in [0.2, 0.25) is 5.91 Å². The number of amides is 1. The Balaban J connectivity index is 1.67. The van der Waals surface area contributed by atoms with E-state index in [0.29, 0.717) is 11.4 Å². The topological polar surface area (TPSA) is 81.2 Å². The molecule has 0 N–H and O–H groups in total. The van der Waals surface area contributed by atoms with Gasteiger partial charge in [0.1, 0.15) is 6.54 Å². The van der Waals surface area contributed by atoms with Crippen molar-refractivity contribution in [1.29, 1.82) is 0 Å². The Kier molecular flexibility index (Phi) is 3.68. The average molecular weight is 336 g/mol. The summed E-state index contributed by atoms with van der Waals surface area (Å²) in [5, 5.41) is 3.81. The lowest BCUT2D eigenvalue weighted by molar-refractivity contribution is -0.119. The lowest BCUT2D eigenvalue weighted by Gasteiger charge is -2.22. The minimum absolute atomic E-state index is 0.0461. The molecule has 1 aliphatic rings. The fourth-order valence-electron chi connectivity index (χ4n) is 3.27. The first kappa shape index (κ1) is 15.3. The van der Waals surface area contributed by atoms with Gasteiger partial charge in [0.25, 0.3) is 0 Å². The SMILES string of the molecule is C[C@@H]1Cc2ccccc2N1C(=O)Cn1c(-c2ccncc2)noc1=O. The van der Waals surface area contributed by atoms with Gasteiger partial charge in [-0.25, -0.2) is 9.36 Å². The largest absolute Gasteiger partial charge is 0.442 e. The number of nitrogens with zero attached hydrogens (tertiary/aromatic N) is 4. The third kappa shape index (κ3) is 2.63. The van der Waals surface area contributed by atoms with Gasteiger partial charge in [-0.15, -0.1) is 0 Å². The van der Waals surface area contributed by atoms with Gasteiger partial charge in [-0.1, -0.05) is 23.4 Å². The molecule has 0 radical (unpaired) electrons. The molecule has 126 valence electrons. The summed E-state index contributed by atoms with van der Waals surface area (Å²) in [6, 6.07) is 11.3. The second-order valence-corrected chi connectivity index (χ2v) is 6.04. The molecule has 3 aromatic rings. The van der Waals surface area contributed by atoms with Gasteiger partial charge in [-0.05, 0) is 37.1 Å². The van der Waals surface area contributed by atoms with Crippen LogP contribution in [0.3, 0.4) is 0 Å². The highest BCUT2D eigenvalue weighted by atomic mass is 16.5. The van der Waals surface area contributed by atoms with Crippen molar-refractivity contribution in [2.45, 2.75) is 25.9 Å². The third-order valence-electron chi connectivity index (χ3n) is 4.39. The van der Waals surface area contributed by atoms with Gasteiger partial charge in [-0.3, -0.25) is 14.3 Å². The van der Waals surface area contributed by atoms with Crippen LogP contribution in [0.5, 0.6) is 0 Å². The summed E-state index contributed by atoms with van der Waals surface area (Å²) >= 11 is 0. The number of aromatic nitrogens is 3. The summed E-state index contributed by atoms with van der Waals surface area (Å²) in [6.45, 7) is 1.87. The second kappa shape index (κ2) is 6.01. The van der Waals surface area contributed by atoms with Gasteiger partial charge < -0.3 is 4.90 Å². The summed E-state index contributed by atoms with van der Waals surface area (Å²) in [5.74, 6) is -0.501. The number of anilines is 1. The number of fused-ring (bicyclic) bond motifs is 1. The molecule has 4 rings (SSSR count). The number of carbonyl (C=O) groups excluding carboxylic acids is 1. The first-order valence-corrected chi connectivity index (χ1v) is 8.02. The van der Waals surface area contributed by atoms with Crippen LogP contribution < -0.4 is 10.7 Å². The van der Waals surface area contributed by atoms with E-state index in [2.05, 4.69) is 10.1 Å². The quantitative estimate of drug-likeness (QED) is 0.729. The Morgan fingerprint density at radius 1 is 1.24 bits per heavy atom. The van der Waals surface area contributed by atoms with E-state index in [1.807, 2.05) is 31.2 Å². The predicted molar refractivity (Wildman–Crippen MR) is 91.1 cm³/mol. The Morgan fingerprint density at radius 3 is 2.80 bits per heavy atom. The standard InChI is InChI=1S/C18H16N4O3/c1-12-10-14-4-2-3-5-15(14)22(12)16(23)11-21-17(20-25-18(21)24)13-6-8-19-9-7-13/h2-9,12H,10-11H2,1H3/t12-/m1/s1. The number of hydrogen-bond acceptors (Lipinski definition) is 5. The third-order valence-corrected chi connectivity index (χ3v) is 4.39. The number of rotatable bonds is 3. The molecule has 1 aliphatic heterocycles. The van der Waals surface area contributed by atoms with Crippen LogP contribution in [0.1, 0.15) is 12.5 Å². The second-order valence-electron chi connectivity index (χ2n) is 6.04. The Labute approximate surface area is 143 Å². The molecule has 0 unspecified atom stereocenters. The van der Waals surface area contributed by atoms with E-state index in [4.69, 9.17) is 4.52 Å². The van der Waals surface area contributed by atoms with Crippen LogP contribution in [0.25, 0.3) is 11.4 Å². The number of pyridine rings is 1.